The van der Waals surface area contributed by atoms with Crippen molar-refractivity contribution < 1.29 is 14.3 Å². The third-order valence-electron chi connectivity index (χ3n) is 4.64. The van der Waals surface area contributed by atoms with Crippen LogP contribution in [0.3, 0.4) is 0 Å². The third kappa shape index (κ3) is 2.96. The maximum absolute atomic E-state index is 11.1. The van der Waals surface area contributed by atoms with E-state index in [2.05, 4.69) is 10.1 Å². The van der Waals surface area contributed by atoms with E-state index in [1.165, 1.54) is 5.12 Å². The molecule has 0 amide bonds. The predicted octanol–water partition coefficient (Wildman–Crippen LogP) is 2.38. The van der Waals surface area contributed by atoms with Gasteiger partial charge in [0.25, 0.3) is 6.08 Å². The number of rotatable bonds is 3. The summed E-state index contributed by atoms with van der Waals surface area (Å²) in [7, 11) is 0. The zero-order valence-electron chi connectivity index (χ0n) is 15.0. The van der Waals surface area contributed by atoms with E-state index in [-0.39, 0.29) is 5.96 Å². The highest BCUT2D eigenvalue weighted by Crippen LogP contribution is 2.38. The molecule has 2 aliphatic rings. The Balaban J connectivity index is 1.73. The van der Waals surface area contributed by atoms with Gasteiger partial charge in [-0.05, 0) is 49.2 Å². The quantitative estimate of drug-likeness (QED) is 0.663. The Kier molecular flexibility index (Phi) is 4.18. The van der Waals surface area contributed by atoms with Crippen molar-refractivity contribution in [2.75, 3.05) is 18.2 Å². The Morgan fingerprint density at radius 2 is 1.89 bits per heavy atom. The number of aliphatic imine (C=N–C) groups is 1. The van der Waals surface area contributed by atoms with Gasteiger partial charge < -0.3 is 15.2 Å². The summed E-state index contributed by atoms with van der Waals surface area (Å²) in [4.78, 5) is 15.6. The van der Waals surface area contributed by atoms with Crippen LogP contribution in [0.2, 0.25) is 0 Å². The van der Waals surface area contributed by atoms with Crippen LogP contribution >= 0.6 is 0 Å². The van der Waals surface area contributed by atoms with Crippen molar-refractivity contribution >= 4 is 17.7 Å². The van der Waals surface area contributed by atoms with Crippen LogP contribution in [0, 0.1) is 13.8 Å². The SMILES string of the molecule is Cc1ccc(N2C(N)=NC(c3ccc4c(c3)OCCO4)N2N=C=O)cc1C. The van der Waals surface area contributed by atoms with Crippen LogP contribution in [-0.2, 0) is 4.79 Å². The molecule has 0 radical (unpaired) electrons. The second-order valence-electron chi connectivity index (χ2n) is 6.36. The first-order valence-corrected chi connectivity index (χ1v) is 8.55. The number of fused-ring (bicyclic) bond motifs is 1. The molecule has 0 fully saturated rings. The molecule has 138 valence electrons. The van der Waals surface area contributed by atoms with Gasteiger partial charge in [0, 0.05) is 5.56 Å². The van der Waals surface area contributed by atoms with E-state index in [0.717, 1.165) is 22.4 Å². The number of hydrogen-bond acceptors (Lipinski definition) is 8. The number of nitrogens with two attached hydrogens (primary N) is 1. The van der Waals surface area contributed by atoms with Gasteiger partial charge in [-0.1, -0.05) is 17.2 Å². The Hall–Kier alpha value is -3.51. The first-order chi connectivity index (χ1) is 13.1. The molecule has 0 bridgehead atoms. The second kappa shape index (κ2) is 6.66. The summed E-state index contributed by atoms with van der Waals surface area (Å²) >= 11 is 0. The van der Waals surface area contributed by atoms with Crippen molar-refractivity contribution in [1.82, 2.24) is 5.12 Å². The molecular weight excluding hydrogens is 346 g/mol. The number of ether oxygens (including phenoxy) is 2. The molecular formula is C19H19N5O3. The van der Waals surface area contributed by atoms with Gasteiger partial charge in [-0.15, -0.1) is 0 Å². The van der Waals surface area contributed by atoms with Crippen molar-refractivity contribution in [2.24, 2.45) is 15.8 Å². The van der Waals surface area contributed by atoms with Gasteiger partial charge in [-0.25, -0.2) is 14.8 Å². The van der Waals surface area contributed by atoms with E-state index in [4.69, 9.17) is 15.2 Å². The van der Waals surface area contributed by atoms with Crippen LogP contribution in [-0.4, -0.2) is 30.4 Å². The average Bonchev–Trinajstić information content (AvgIpc) is 3.00. The molecule has 2 aromatic carbocycles. The molecule has 0 spiro atoms. The van der Waals surface area contributed by atoms with Crippen molar-refractivity contribution in [2.45, 2.75) is 20.0 Å². The normalized spacial score (nSPS) is 18.1. The molecule has 0 saturated heterocycles. The van der Waals surface area contributed by atoms with Crippen molar-refractivity contribution in [3.05, 3.63) is 53.1 Å². The lowest BCUT2D eigenvalue weighted by atomic mass is 10.1. The number of hydrazone groups is 1. The molecule has 27 heavy (non-hydrogen) atoms. The summed E-state index contributed by atoms with van der Waals surface area (Å²) in [5.74, 6) is 1.54. The minimum absolute atomic E-state index is 0.233. The topological polar surface area (TPSA) is 92.8 Å². The van der Waals surface area contributed by atoms with Crippen LogP contribution in [0.25, 0.3) is 0 Å². The Labute approximate surface area is 156 Å². The van der Waals surface area contributed by atoms with Crippen molar-refractivity contribution in [3.63, 3.8) is 0 Å². The molecule has 2 N–H and O–H groups in total. The number of hydrazine groups is 1. The largest absolute Gasteiger partial charge is 0.486 e. The zero-order chi connectivity index (χ0) is 19.0. The molecule has 8 nitrogen and oxygen atoms in total. The summed E-state index contributed by atoms with van der Waals surface area (Å²) in [5.41, 5.74) is 9.96. The zero-order valence-corrected chi connectivity index (χ0v) is 15.0. The van der Waals surface area contributed by atoms with E-state index in [9.17, 15) is 4.79 Å². The minimum Gasteiger partial charge on any atom is -0.486 e. The van der Waals surface area contributed by atoms with Crippen LogP contribution in [0.15, 0.2) is 46.5 Å². The van der Waals surface area contributed by atoms with E-state index in [1.54, 1.807) is 11.1 Å². The van der Waals surface area contributed by atoms with Crippen LogP contribution in [0.4, 0.5) is 5.69 Å². The fourth-order valence-electron chi connectivity index (χ4n) is 3.12. The fourth-order valence-corrected chi connectivity index (χ4v) is 3.12. The highest BCUT2D eigenvalue weighted by Gasteiger charge is 2.35. The summed E-state index contributed by atoms with van der Waals surface area (Å²) in [6.07, 6.45) is 0.985. The highest BCUT2D eigenvalue weighted by molar-refractivity contribution is 5.95. The fraction of sp³-hybridized carbons (Fsp3) is 0.263. The lowest BCUT2D eigenvalue weighted by Crippen LogP contribution is -2.42. The van der Waals surface area contributed by atoms with Gasteiger partial charge in [0.2, 0.25) is 5.96 Å². The monoisotopic (exact) mass is 365 g/mol. The highest BCUT2D eigenvalue weighted by atomic mass is 16.6. The molecule has 0 aliphatic carbocycles. The van der Waals surface area contributed by atoms with Gasteiger partial charge in [0.05, 0.1) is 5.69 Å². The Morgan fingerprint density at radius 1 is 1.11 bits per heavy atom. The molecule has 2 heterocycles. The summed E-state index contributed by atoms with van der Waals surface area (Å²) in [6, 6.07) is 11.4. The van der Waals surface area contributed by atoms with Crippen LogP contribution in [0.1, 0.15) is 22.9 Å². The van der Waals surface area contributed by atoms with Crippen LogP contribution < -0.4 is 20.2 Å². The lowest BCUT2D eigenvalue weighted by molar-refractivity contribution is 0.170. The number of carbonyl (C=O) groups excluding carboxylic acids is 1. The number of anilines is 1. The lowest BCUT2D eigenvalue weighted by Gasteiger charge is -2.29. The molecule has 0 aromatic heterocycles. The Morgan fingerprint density at radius 3 is 2.63 bits per heavy atom. The molecule has 0 saturated carbocycles. The van der Waals surface area contributed by atoms with Crippen molar-refractivity contribution in [1.29, 1.82) is 0 Å². The van der Waals surface area contributed by atoms with E-state index in [0.29, 0.717) is 24.7 Å². The molecule has 1 unspecified atom stereocenters. The number of isocyanates is 1. The first kappa shape index (κ1) is 16.9. The molecule has 1 atom stereocenters. The standard InChI is InChI=1S/C19H19N5O3/c1-12-3-5-15(9-13(12)2)23-19(20)22-18(24(23)21-11-25)14-4-6-16-17(10-14)27-8-7-26-16/h3-6,9-10,18H,7-8H2,1-2H3,(H2,20,22). The molecule has 8 heteroatoms. The number of guanidine groups is 1. The maximum atomic E-state index is 11.1. The predicted molar refractivity (Wildman–Crippen MR) is 100 cm³/mol. The van der Waals surface area contributed by atoms with Crippen LogP contribution in [0.5, 0.6) is 11.5 Å². The van der Waals surface area contributed by atoms with Gasteiger partial charge in [0.15, 0.2) is 17.7 Å². The third-order valence-corrected chi connectivity index (χ3v) is 4.64. The summed E-state index contributed by atoms with van der Waals surface area (Å²) in [5, 5.41) is 6.85. The number of nitrogens with zero attached hydrogens (tertiary/aromatic N) is 4. The van der Waals surface area contributed by atoms with Gasteiger partial charge in [-0.3, -0.25) is 0 Å². The van der Waals surface area contributed by atoms with E-state index < -0.39 is 6.17 Å². The first-order valence-electron chi connectivity index (χ1n) is 8.55. The number of benzene rings is 2. The Bertz CT molecular complexity index is 968. The molecule has 2 aliphatic heterocycles. The van der Waals surface area contributed by atoms with E-state index in [1.807, 2.05) is 50.2 Å². The van der Waals surface area contributed by atoms with E-state index >= 15 is 0 Å². The van der Waals surface area contributed by atoms with Gasteiger partial charge in [0.1, 0.15) is 13.2 Å². The smallest absolute Gasteiger partial charge is 0.260 e. The minimum atomic E-state index is -0.608. The van der Waals surface area contributed by atoms with Gasteiger partial charge in [-0.2, -0.15) is 5.12 Å². The molecule has 4 rings (SSSR count). The summed E-state index contributed by atoms with van der Waals surface area (Å²) < 4.78 is 11.2. The second-order valence-corrected chi connectivity index (χ2v) is 6.36. The van der Waals surface area contributed by atoms with Gasteiger partial charge >= 0.3 is 0 Å². The maximum Gasteiger partial charge on any atom is 0.260 e. The number of hydrogen-bond donors (Lipinski definition) is 1. The van der Waals surface area contributed by atoms with Crippen molar-refractivity contribution in [3.8, 4) is 11.5 Å². The average molecular weight is 365 g/mol. The number of aryl methyl sites for hydroxylation is 2. The molecule has 2 aromatic rings. The summed E-state index contributed by atoms with van der Waals surface area (Å²) in [6.45, 7) is 5.04.